The fourth-order valence-electron chi connectivity index (χ4n) is 3.70. The standard InChI is InChI=1S/C27H23ClN2O6/c1-17-25(27(33)34-2)21(26(32)30(17)15-20-6-5-13-35-20)14-18-9-11-19(12-10-18)36-16-24(31)29-23-8-4-3-7-22(23)28/h3-14H,15-16H2,1-2H3,(H,29,31)/b21-14-. The lowest BCUT2D eigenvalue weighted by Gasteiger charge is -2.16. The Morgan fingerprint density at radius 2 is 1.83 bits per heavy atom. The summed E-state index contributed by atoms with van der Waals surface area (Å²) in [4.78, 5) is 39.3. The van der Waals surface area contributed by atoms with Gasteiger partial charge in [0.05, 0.1) is 41.8 Å². The predicted octanol–water partition coefficient (Wildman–Crippen LogP) is 4.82. The molecular formula is C27H23ClN2O6. The summed E-state index contributed by atoms with van der Waals surface area (Å²) in [6.45, 7) is 1.68. The first kappa shape index (κ1) is 24.8. The molecule has 1 aliphatic rings. The second-order valence-corrected chi connectivity index (χ2v) is 8.27. The van der Waals surface area contributed by atoms with Crippen molar-refractivity contribution in [1.29, 1.82) is 0 Å². The zero-order valence-corrected chi connectivity index (χ0v) is 20.4. The molecule has 184 valence electrons. The summed E-state index contributed by atoms with van der Waals surface area (Å²) in [7, 11) is 1.27. The summed E-state index contributed by atoms with van der Waals surface area (Å²) >= 11 is 6.05. The number of ether oxygens (including phenoxy) is 2. The van der Waals surface area contributed by atoms with E-state index in [1.54, 1.807) is 73.7 Å². The molecule has 8 nitrogen and oxygen atoms in total. The van der Waals surface area contributed by atoms with Crippen LogP contribution in [0.4, 0.5) is 5.69 Å². The second-order valence-electron chi connectivity index (χ2n) is 7.87. The van der Waals surface area contributed by atoms with Crippen LogP contribution in [-0.2, 0) is 25.7 Å². The summed E-state index contributed by atoms with van der Waals surface area (Å²) < 4.78 is 15.8. The zero-order valence-electron chi connectivity index (χ0n) is 19.6. The van der Waals surface area contributed by atoms with E-state index >= 15 is 0 Å². The van der Waals surface area contributed by atoms with Crippen molar-refractivity contribution in [3.8, 4) is 5.75 Å². The molecule has 0 saturated heterocycles. The molecule has 0 aliphatic carbocycles. The molecule has 2 amide bonds. The second kappa shape index (κ2) is 11.0. The van der Waals surface area contributed by atoms with Gasteiger partial charge in [0.15, 0.2) is 6.61 Å². The number of furan rings is 1. The maximum Gasteiger partial charge on any atom is 0.340 e. The number of carbonyl (C=O) groups is 3. The Bertz CT molecular complexity index is 1340. The number of benzene rings is 2. The highest BCUT2D eigenvalue weighted by atomic mass is 35.5. The molecular weight excluding hydrogens is 484 g/mol. The molecule has 0 saturated carbocycles. The highest BCUT2D eigenvalue weighted by molar-refractivity contribution is 6.33. The number of hydrogen-bond acceptors (Lipinski definition) is 6. The van der Waals surface area contributed by atoms with Gasteiger partial charge in [-0.3, -0.25) is 9.59 Å². The van der Waals surface area contributed by atoms with Crippen LogP contribution in [0.25, 0.3) is 6.08 Å². The van der Waals surface area contributed by atoms with E-state index < -0.39 is 5.97 Å². The molecule has 9 heteroatoms. The first-order valence-corrected chi connectivity index (χ1v) is 11.4. The molecule has 3 aromatic rings. The summed E-state index contributed by atoms with van der Waals surface area (Å²) in [6, 6.07) is 17.2. The minimum atomic E-state index is -0.599. The number of rotatable bonds is 8. The Morgan fingerprint density at radius 3 is 2.50 bits per heavy atom. The molecule has 4 rings (SSSR count). The smallest absolute Gasteiger partial charge is 0.340 e. The number of esters is 1. The monoisotopic (exact) mass is 506 g/mol. The number of methoxy groups -OCH3 is 1. The van der Waals surface area contributed by atoms with E-state index in [9.17, 15) is 14.4 Å². The Morgan fingerprint density at radius 1 is 1.08 bits per heavy atom. The number of anilines is 1. The lowest BCUT2D eigenvalue weighted by Crippen LogP contribution is -2.24. The van der Waals surface area contributed by atoms with Crippen LogP contribution >= 0.6 is 11.6 Å². The zero-order chi connectivity index (χ0) is 25.7. The van der Waals surface area contributed by atoms with E-state index in [0.717, 1.165) is 0 Å². The van der Waals surface area contributed by atoms with Gasteiger partial charge in [-0.1, -0.05) is 35.9 Å². The van der Waals surface area contributed by atoms with Gasteiger partial charge in [0.1, 0.15) is 11.5 Å². The number of para-hydroxylation sites is 1. The van der Waals surface area contributed by atoms with Crippen LogP contribution in [-0.4, -0.2) is 36.4 Å². The molecule has 2 aromatic carbocycles. The first-order chi connectivity index (χ1) is 17.4. The molecule has 0 unspecified atom stereocenters. The maximum absolute atomic E-state index is 13.2. The van der Waals surface area contributed by atoms with E-state index in [0.29, 0.717) is 33.5 Å². The van der Waals surface area contributed by atoms with Crippen molar-refractivity contribution in [1.82, 2.24) is 4.90 Å². The van der Waals surface area contributed by atoms with E-state index in [4.69, 9.17) is 25.5 Å². The lowest BCUT2D eigenvalue weighted by molar-refractivity contribution is -0.136. The van der Waals surface area contributed by atoms with Crippen molar-refractivity contribution in [3.05, 3.63) is 100 Å². The number of hydrogen-bond donors (Lipinski definition) is 1. The van der Waals surface area contributed by atoms with Crippen molar-refractivity contribution < 1.29 is 28.3 Å². The number of allylic oxidation sites excluding steroid dienone is 1. The summed E-state index contributed by atoms with van der Waals surface area (Å²) in [6.07, 6.45) is 3.14. The molecule has 36 heavy (non-hydrogen) atoms. The van der Waals surface area contributed by atoms with Crippen molar-refractivity contribution in [3.63, 3.8) is 0 Å². The SMILES string of the molecule is COC(=O)C1=C(C)N(Cc2ccco2)C(=O)/C1=C\c1ccc(OCC(=O)Nc2ccccc2Cl)cc1. The summed E-state index contributed by atoms with van der Waals surface area (Å²) in [5.74, 6) is -0.234. The van der Waals surface area contributed by atoms with E-state index in [1.165, 1.54) is 18.3 Å². The molecule has 0 fully saturated rings. The van der Waals surface area contributed by atoms with Crippen molar-refractivity contribution in [2.45, 2.75) is 13.5 Å². The number of nitrogens with zero attached hydrogens (tertiary/aromatic N) is 1. The summed E-state index contributed by atoms with van der Waals surface area (Å²) in [5.41, 5.74) is 2.07. The van der Waals surface area contributed by atoms with Gasteiger partial charge in [0.2, 0.25) is 0 Å². The van der Waals surface area contributed by atoms with Gasteiger partial charge >= 0.3 is 5.97 Å². The quantitative estimate of drug-likeness (QED) is 0.347. The fraction of sp³-hybridized carbons (Fsp3) is 0.148. The molecule has 0 bridgehead atoms. The fourth-order valence-corrected chi connectivity index (χ4v) is 3.88. The maximum atomic E-state index is 13.2. The van der Waals surface area contributed by atoms with Crippen LogP contribution in [0, 0.1) is 0 Å². The van der Waals surface area contributed by atoms with E-state index in [2.05, 4.69) is 5.32 Å². The van der Waals surface area contributed by atoms with Crippen molar-refractivity contribution in [2.75, 3.05) is 19.0 Å². The Balaban J connectivity index is 1.46. The van der Waals surface area contributed by atoms with Crippen LogP contribution in [0.5, 0.6) is 5.75 Å². The van der Waals surface area contributed by atoms with Gasteiger partial charge in [-0.05, 0) is 55.0 Å². The van der Waals surface area contributed by atoms with Crippen LogP contribution in [0.2, 0.25) is 5.02 Å². The third-order valence-corrected chi connectivity index (χ3v) is 5.83. The van der Waals surface area contributed by atoms with E-state index in [-0.39, 0.29) is 36.1 Å². The Hall–Kier alpha value is -4.30. The molecule has 0 spiro atoms. The molecule has 1 aromatic heterocycles. The normalized spacial score (nSPS) is 14.4. The van der Waals surface area contributed by atoms with Gasteiger partial charge in [0, 0.05) is 5.70 Å². The van der Waals surface area contributed by atoms with Gasteiger partial charge in [-0.2, -0.15) is 0 Å². The first-order valence-electron chi connectivity index (χ1n) is 11.0. The number of nitrogens with one attached hydrogen (secondary N) is 1. The third kappa shape index (κ3) is 5.50. The average Bonchev–Trinajstić information content (AvgIpc) is 3.47. The molecule has 1 aliphatic heterocycles. The van der Waals surface area contributed by atoms with Crippen molar-refractivity contribution in [2.24, 2.45) is 0 Å². The summed E-state index contributed by atoms with van der Waals surface area (Å²) in [5, 5.41) is 3.12. The minimum Gasteiger partial charge on any atom is -0.484 e. The molecule has 0 atom stereocenters. The number of amides is 2. The number of carbonyl (C=O) groups excluding carboxylic acids is 3. The van der Waals surface area contributed by atoms with Gasteiger partial charge < -0.3 is 24.1 Å². The molecule has 2 heterocycles. The number of halogens is 1. The molecule has 1 N–H and O–H groups in total. The highest BCUT2D eigenvalue weighted by Crippen LogP contribution is 2.33. The largest absolute Gasteiger partial charge is 0.484 e. The lowest BCUT2D eigenvalue weighted by atomic mass is 10.0. The minimum absolute atomic E-state index is 0.193. The average molecular weight is 507 g/mol. The van der Waals surface area contributed by atoms with Gasteiger partial charge in [0.25, 0.3) is 11.8 Å². The van der Waals surface area contributed by atoms with Crippen molar-refractivity contribution >= 4 is 41.1 Å². The Labute approximate surface area is 212 Å². The van der Waals surface area contributed by atoms with Crippen LogP contribution < -0.4 is 10.1 Å². The third-order valence-electron chi connectivity index (χ3n) is 5.50. The topological polar surface area (TPSA) is 98.1 Å². The highest BCUT2D eigenvalue weighted by Gasteiger charge is 2.37. The van der Waals surface area contributed by atoms with Crippen LogP contribution in [0.15, 0.2) is 88.2 Å². The molecule has 0 radical (unpaired) electrons. The van der Waals surface area contributed by atoms with Gasteiger partial charge in [-0.15, -0.1) is 0 Å². The van der Waals surface area contributed by atoms with Gasteiger partial charge in [-0.25, -0.2) is 4.79 Å². The van der Waals surface area contributed by atoms with Crippen LogP contribution in [0.3, 0.4) is 0 Å². The van der Waals surface area contributed by atoms with Crippen LogP contribution in [0.1, 0.15) is 18.2 Å². The van der Waals surface area contributed by atoms with E-state index in [1.807, 2.05) is 0 Å². The Kier molecular flexibility index (Phi) is 7.56. The predicted molar refractivity (Wildman–Crippen MR) is 134 cm³/mol.